The molecular formula is C12H16N6O3. The molecule has 0 atom stereocenters. The molecule has 0 unspecified atom stereocenters. The molecule has 0 aliphatic heterocycles. The second-order valence-corrected chi connectivity index (χ2v) is 5.12. The number of nitrogens with zero attached hydrogens (tertiary/aromatic N) is 5. The lowest BCUT2D eigenvalue weighted by Gasteiger charge is -2.23. The number of aryl methyl sites for hydroxylation is 1. The van der Waals surface area contributed by atoms with Crippen LogP contribution in [0.5, 0.6) is 0 Å². The van der Waals surface area contributed by atoms with E-state index in [9.17, 15) is 14.9 Å². The summed E-state index contributed by atoms with van der Waals surface area (Å²) >= 11 is 0. The van der Waals surface area contributed by atoms with Crippen molar-refractivity contribution in [2.45, 2.75) is 25.9 Å². The van der Waals surface area contributed by atoms with E-state index in [1.54, 1.807) is 37.8 Å². The van der Waals surface area contributed by atoms with Crippen LogP contribution < -0.4 is 5.32 Å². The van der Waals surface area contributed by atoms with E-state index in [1.165, 1.54) is 10.9 Å². The summed E-state index contributed by atoms with van der Waals surface area (Å²) in [5.41, 5.74) is -0.461. The molecule has 0 aliphatic rings. The van der Waals surface area contributed by atoms with Crippen LogP contribution in [0.25, 0.3) is 0 Å². The Labute approximate surface area is 120 Å². The van der Waals surface area contributed by atoms with Crippen LogP contribution >= 0.6 is 0 Å². The predicted octanol–water partition coefficient (Wildman–Crippen LogP) is 0.576. The molecule has 21 heavy (non-hydrogen) atoms. The summed E-state index contributed by atoms with van der Waals surface area (Å²) in [4.78, 5) is 22.4. The minimum atomic E-state index is -1.04. The molecule has 0 spiro atoms. The molecule has 2 aromatic heterocycles. The van der Waals surface area contributed by atoms with Crippen molar-refractivity contribution in [2.75, 3.05) is 0 Å². The lowest BCUT2D eigenvalue weighted by Crippen LogP contribution is -2.44. The topological polar surface area (TPSA) is 108 Å². The molecule has 2 heterocycles. The number of rotatable bonds is 5. The first-order valence-corrected chi connectivity index (χ1v) is 6.27. The van der Waals surface area contributed by atoms with Gasteiger partial charge in [-0.3, -0.25) is 24.3 Å². The molecular weight excluding hydrogens is 276 g/mol. The highest BCUT2D eigenvalue weighted by Crippen LogP contribution is 2.18. The number of hydrogen-bond donors (Lipinski definition) is 1. The normalized spacial score (nSPS) is 11.4. The molecule has 0 bridgehead atoms. The zero-order chi connectivity index (χ0) is 15.6. The average Bonchev–Trinajstić information content (AvgIpc) is 3.04. The molecule has 0 saturated heterocycles. The maximum absolute atomic E-state index is 12.2. The van der Waals surface area contributed by atoms with Gasteiger partial charge in [0.1, 0.15) is 17.9 Å². The van der Waals surface area contributed by atoms with Gasteiger partial charge in [0.05, 0.1) is 17.2 Å². The summed E-state index contributed by atoms with van der Waals surface area (Å²) in [6.45, 7) is 3.56. The number of nitro groups is 1. The van der Waals surface area contributed by atoms with Crippen molar-refractivity contribution in [2.24, 2.45) is 7.05 Å². The Hall–Kier alpha value is -2.71. The largest absolute Gasteiger partial charge is 0.348 e. The standard InChI is InChI=1S/C12H16N6O3/c1-12(2,17-8-10(7-14-17)18(20)21)11(19)13-6-9-4-5-16(3)15-9/h4-5,7-8H,6H2,1-3H3,(H,13,19). The Balaban J connectivity index is 2.06. The molecule has 9 heteroatoms. The number of carbonyl (C=O) groups excluding carboxylic acids is 1. The summed E-state index contributed by atoms with van der Waals surface area (Å²) < 4.78 is 2.92. The van der Waals surface area contributed by atoms with Crippen molar-refractivity contribution in [3.8, 4) is 0 Å². The average molecular weight is 292 g/mol. The van der Waals surface area contributed by atoms with Gasteiger partial charge in [0.2, 0.25) is 5.91 Å². The first-order chi connectivity index (χ1) is 9.80. The lowest BCUT2D eigenvalue weighted by atomic mass is 10.1. The van der Waals surface area contributed by atoms with Gasteiger partial charge in [-0.2, -0.15) is 10.2 Å². The molecule has 112 valence electrons. The van der Waals surface area contributed by atoms with Gasteiger partial charge in [0.25, 0.3) is 0 Å². The van der Waals surface area contributed by atoms with Gasteiger partial charge >= 0.3 is 5.69 Å². The number of hydrogen-bond acceptors (Lipinski definition) is 5. The highest BCUT2D eigenvalue weighted by Gasteiger charge is 2.31. The van der Waals surface area contributed by atoms with E-state index in [4.69, 9.17) is 0 Å². The summed E-state index contributed by atoms with van der Waals surface area (Å²) in [7, 11) is 1.79. The predicted molar refractivity (Wildman–Crippen MR) is 73.3 cm³/mol. The van der Waals surface area contributed by atoms with Gasteiger partial charge in [-0.25, -0.2) is 0 Å². The van der Waals surface area contributed by atoms with Crippen molar-refractivity contribution in [1.29, 1.82) is 0 Å². The molecule has 0 radical (unpaired) electrons. The second-order valence-electron chi connectivity index (χ2n) is 5.12. The fourth-order valence-corrected chi connectivity index (χ4v) is 1.76. The van der Waals surface area contributed by atoms with E-state index in [1.807, 2.05) is 0 Å². The van der Waals surface area contributed by atoms with Crippen molar-refractivity contribution >= 4 is 11.6 Å². The molecule has 1 amide bonds. The van der Waals surface area contributed by atoms with Gasteiger partial charge in [-0.1, -0.05) is 0 Å². The van der Waals surface area contributed by atoms with Crippen LogP contribution in [-0.4, -0.2) is 30.4 Å². The minimum Gasteiger partial charge on any atom is -0.348 e. The van der Waals surface area contributed by atoms with E-state index in [2.05, 4.69) is 15.5 Å². The van der Waals surface area contributed by atoms with Crippen molar-refractivity contribution in [3.63, 3.8) is 0 Å². The molecule has 2 aromatic rings. The summed E-state index contributed by atoms with van der Waals surface area (Å²) in [5.74, 6) is -0.300. The van der Waals surface area contributed by atoms with Crippen LogP contribution in [0.3, 0.4) is 0 Å². The molecule has 0 aliphatic carbocycles. The fourth-order valence-electron chi connectivity index (χ4n) is 1.76. The zero-order valence-corrected chi connectivity index (χ0v) is 12.0. The van der Waals surface area contributed by atoms with E-state index in [0.29, 0.717) is 0 Å². The van der Waals surface area contributed by atoms with Crippen LogP contribution in [0.15, 0.2) is 24.7 Å². The maximum Gasteiger partial charge on any atom is 0.307 e. The van der Waals surface area contributed by atoms with Gasteiger partial charge in [0, 0.05) is 13.2 Å². The van der Waals surface area contributed by atoms with Crippen molar-refractivity contribution < 1.29 is 9.72 Å². The SMILES string of the molecule is Cn1ccc(CNC(=O)C(C)(C)n2cc([N+](=O)[O-])cn2)n1. The molecule has 2 rings (SSSR count). The first kappa shape index (κ1) is 14.7. The Bertz CT molecular complexity index is 672. The maximum atomic E-state index is 12.2. The van der Waals surface area contributed by atoms with Crippen LogP contribution in [0.1, 0.15) is 19.5 Å². The summed E-state index contributed by atoms with van der Waals surface area (Å²) in [6, 6.07) is 1.80. The first-order valence-electron chi connectivity index (χ1n) is 6.27. The Kier molecular flexibility index (Phi) is 3.74. The van der Waals surface area contributed by atoms with Crippen LogP contribution in [0.4, 0.5) is 5.69 Å². The van der Waals surface area contributed by atoms with E-state index in [-0.39, 0.29) is 18.1 Å². The van der Waals surface area contributed by atoms with Crippen molar-refractivity contribution in [1.82, 2.24) is 24.9 Å². The number of nitrogens with one attached hydrogen (secondary N) is 1. The Morgan fingerprint density at radius 1 is 1.52 bits per heavy atom. The molecule has 0 fully saturated rings. The van der Waals surface area contributed by atoms with Gasteiger partial charge in [-0.05, 0) is 19.9 Å². The highest BCUT2D eigenvalue weighted by molar-refractivity contribution is 5.83. The number of aromatic nitrogens is 4. The Morgan fingerprint density at radius 3 is 2.76 bits per heavy atom. The van der Waals surface area contributed by atoms with Gasteiger partial charge < -0.3 is 5.32 Å². The van der Waals surface area contributed by atoms with Crippen LogP contribution in [0.2, 0.25) is 0 Å². The third-order valence-corrected chi connectivity index (χ3v) is 3.11. The number of carbonyl (C=O) groups is 1. The smallest absolute Gasteiger partial charge is 0.307 e. The minimum absolute atomic E-state index is 0.152. The molecule has 1 N–H and O–H groups in total. The molecule has 0 aromatic carbocycles. The third kappa shape index (κ3) is 3.07. The van der Waals surface area contributed by atoms with E-state index < -0.39 is 10.5 Å². The third-order valence-electron chi connectivity index (χ3n) is 3.11. The van der Waals surface area contributed by atoms with Crippen LogP contribution in [-0.2, 0) is 23.9 Å². The number of amides is 1. The second kappa shape index (κ2) is 5.35. The fraction of sp³-hybridized carbons (Fsp3) is 0.417. The van der Waals surface area contributed by atoms with E-state index in [0.717, 1.165) is 11.9 Å². The lowest BCUT2D eigenvalue weighted by molar-refractivity contribution is -0.385. The molecule has 9 nitrogen and oxygen atoms in total. The zero-order valence-electron chi connectivity index (χ0n) is 12.0. The van der Waals surface area contributed by atoms with Gasteiger partial charge in [0.15, 0.2) is 0 Å². The van der Waals surface area contributed by atoms with Crippen molar-refractivity contribution in [3.05, 3.63) is 40.5 Å². The molecule has 0 saturated carbocycles. The Morgan fingerprint density at radius 2 is 2.24 bits per heavy atom. The summed E-state index contributed by atoms with van der Waals surface area (Å²) in [5, 5.41) is 21.4. The monoisotopic (exact) mass is 292 g/mol. The van der Waals surface area contributed by atoms with Gasteiger partial charge in [-0.15, -0.1) is 0 Å². The van der Waals surface area contributed by atoms with E-state index >= 15 is 0 Å². The van der Waals surface area contributed by atoms with Crippen LogP contribution in [0, 0.1) is 10.1 Å². The quantitative estimate of drug-likeness (QED) is 0.640. The summed E-state index contributed by atoms with van der Waals surface area (Å²) in [6.07, 6.45) is 4.14. The highest BCUT2D eigenvalue weighted by atomic mass is 16.6.